The molecule has 0 radical (unpaired) electrons. The van der Waals surface area contributed by atoms with Gasteiger partial charge in [0.25, 0.3) is 0 Å². The summed E-state index contributed by atoms with van der Waals surface area (Å²) < 4.78 is 2.94. The number of benzene rings is 2. The van der Waals surface area contributed by atoms with Crippen LogP contribution in [0.25, 0.3) is 11.1 Å². The van der Waals surface area contributed by atoms with Gasteiger partial charge >= 0.3 is 0 Å². The molecule has 0 aromatic heterocycles. The predicted molar refractivity (Wildman–Crippen MR) is 76.6 cm³/mol. The van der Waals surface area contributed by atoms with E-state index < -0.39 is 0 Å². The molecule has 0 saturated carbocycles. The Balaban J connectivity index is 2.64. The van der Waals surface area contributed by atoms with Crippen molar-refractivity contribution in [3.05, 3.63) is 49.8 Å². The minimum absolute atomic E-state index is 0.263. The highest BCUT2D eigenvalue weighted by molar-refractivity contribution is 9.11. The van der Waals surface area contributed by atoms with Crippen molar-refractivity contribution in [2.75, 3.05) is 0 Å². The average molecular weight is 407 g/mol. The fourth-order valence-corrected chi connectivity index (χ4v) is 4.20. The smallest absolute Gasteiger partial charge is 0.116 e. The van der Waals surface area contributed by atoms with Crippen LogP contribution >= 0.6 is 47.8 Å². The monoisotopic (exact) mass is 404 g/mol. The number of rotatable bonds is 1. The molecule has 4 heteroatoms. The molecule has 1 N–H and O–H groups in total. The first kappa shape index (κ1) is 12.1. The molecular weight excluding hydrogens is 400 g/mol. The van der Waals surface area contributed by atoms with Gasteiger partial charge < -0.3 is 5.11 Å². The molecular formula is C12H7Br3O. The van der Waals surface area contributed by atoms with Crippen molar-refractivity contribution in [3.8, 4) is 16.9 Å². The summed E-state index contributed by atoms with van der Waals surface area (Å²) in [5, 5.41) is 9.47. The Kier molecular flexibility index (Phi) is 3.72. The highest BCUT2D eigenvalue weighted by Crippen LogP contribution is 2.38. The Labute approximate surface area is 119 Å². The Morgan fingerprint density at radius 2 is 1.50 bits per heavy atom. The van der Waals surface area contributed by atoms with Gasteiger partial charge in [0.15, 0.2) is 0 Å². The average Bonchev–Trinajstić information content (AvgIpc) is 2.15. The third-order valence-corrected chi connectivity index (χ3v) is 3.85. The first-order chi connectivity index (χ1) is 7.58. The van der Waals surface area contributed by atoms with E-state index in [1.54, 1.807) is 12.1 Å². The highest BCUT2D eigenvalue weighted by Gasteiger charge is 2.09. The summed E-state index contributed by atoms with van der Waals surface area (Å²) in [5.74, 6) is 0.263. The van der Waals surface area contributed by atoms with Crippen molar-refractivity contribution in [2.45, 2.75) is 0 Å². The second-order valence-corrected chi connectivity index (χ2v) is 5.92. The van der Waals surface area contributed by atoms with Gasteiger partial charge in [-0.2, -0.15) is 0 Å². The third kappa shape index (κ3) is 2.50. The van der Waals surface area contributed by atoms with Crippen molar-refractivity contribution in [3.63, 3.8) is 0 Å². The van der Waals surface area contributed by atoms with Crippen LogP contribution in [0.15, 0.2) is 49.8 Å². The second kappa shape index (κ2) is 4.90. The molecule has 2 aromatic rings. The zero-order valence-electron chi connectivity index (χ0n) is 8.05. The molecule has 0 fully saturated rings. The van der Waals surface area contributed by atoms with Gasteiger partial charge in [0.05, 0.1) is 0 Å². The lowest BCUT2D eigenvalue weighted by atomic mass is 10.1. The van der Waals surface area contributed by atoms with Gasteiger partial charge in [-0.3, -0.25) is 0 Å². The Morgan fingerprint density at radius 3 is 2.06 bits per heavy atom. The molecule has 1 nitrogen and oxygen atoms in total. The van der Waals surface area contributed by atoms with Crippen LogP contribution in [-0.4, -0.2) is 5.11 Å². The molecule has 0 amide bonds. The summed E-state index contributed by atoms with van der Waals surface area (Å²) in [7, 11) is 0. The third-order valence-electron chi connectivity index (χ3n) is 2.14. The van der Waals surface area contributed by atoms with E-state index in [0.29, 0.717) is 0 Å². The van der Waals surface area contributed by atoms with E-state index in [9.17, 15) is 5.11 Å². The number of hydrogen-bond acceptors (Lipinski definition) is 1. The zero-order valence-corrected chi connectivity index (χ0v) is 12.8. The van der Waals surface area contributed by atoms with Gasteiger partial charge in [-0.05, 0) is 29.8 Å². The van der Waals surface area contributed by atoms with Crippen molar-refractivity contribution in [1.82, 2.24) is 0 Å². The second-order valence-electron chi connectivity index (χ2n) is 3.29. The van der Waals surface area contributed by atoms with Crippen LogP contribution in [0.1, 0.15) is 0 Å². The van der Waals surface area contributed by atoms with Gasteiger partial charge in [-0.1, -0.05) is 59.9 Å². The summed E-state index contributed by atoms with van der Waals surface area (Å²) in [6.45, 7) is 0. The van der Waals surface area contributed by atoms with Crippen LogP contribution in [0.2, 0.25) is 0 Å². The van der Waals surface area contributed by atoms with Gasteiger partial charge in [0.2, 0.25) is 0 Å². The zero-order chi connectivity index (χ0) is 11.7. The number of aromatic hydroxyl groups is 1. The maximum absolute atomic E-state index is 9.47. The van der Waals surface area contributed by atoms with Crippen LogP contribution in [0.3, 0.4) is 0 Å². The van der Waals surface area contributed by atoms with Crippen molar-refractivity contribution >= 4 is 47.8 Å². The standard InChI is InChI=1S/C12H7Br3O/c13-8-5-10(14)12(11(15)6-8)7-2-1-3-9(16)4-7/h1-6,16H. The SMILES string of the molecule is Oc1cccc(-c2c(Br)cc(Br)cc2Br)c1. The van der Waals surface area contributed by atoms with Gasteiger partial charge in [0.1, 0.15) is 5.75 Å². The summed E-state index contributed by atoms with van der Waals surface area (Å²) in [6.07, 6.45) is 0. The largest absolute Gasteiger partial charge is 0.508 e. The Bertz CT molecular complexity index is 515. The molecule has 0 aliphatic heterocycles. The molecule has 0 bridgehead atoms. The summed E-state index contributed by atoms with van der Waals surface area (Å²) >= 11 is 10.5. The van der Waals surface area contributed by atoms with Gasteiger partial charge in [0, 0.05) is 19.0 Å². The normalized spacial score (nSPS) is 10.4. The molecule has 2 aromatic carbocycles. The molecule has 0 heterocycles. The Morgan fingerprint density at radius 1 is 0.875 bits per heavy atom. The molecule has 0 saturated heterocycles. The van der Waals surface area contributed by atoms with Crippen LogP contribution in [0, 0.1) is 0 Å². The number of hydrogen-bond donors (Lipinski definition) is 1. The first-order valence-electron chi connectivity index (χ1n) is 4.52. The summed E-state index contributed by atoms with van der Waals surface area (Å²) in [4.78, 5) is 0. The Hall–Kier alpha value is -0.320. The first-order valence-corrected chi connectivity index (χ1v) is 6.90. The van der Waals surface area contributed by atoms with E-state index in [1.165, 1.54) is 0 Å². The van der Waals surface area contributed by atoms with E-state index in [-0.39, 0.29) is 5.75 Å². The van der Waals surface area contributed by atoms with Crippen LogP contribution in [-0.2, 0) is 0 Å². The quantitative estimate of drug-likeness (QED) is 0.677. The maximum Gasteiger partial charge on any atom is 0.116 e. The minimum Gasteiger partial charge on any atom is -0.508 e. The lowest BCUT2D eigenvalue weighted by Gasteiger charge is -2.08. The van der Waals surface area contributed by atoms with Crippen molar-refractivity contribution in [2.24, 2.45) is 0 Å². The van der Waals surface area contributed by atoms with E-state index >= 15 is 0 Å². The molecule has 0 aliphatic rings. The van der Waals surface area contributed by atoms with Crippen LogP contribution < -0.4 is 0 Å². The van der Waals surface area contributed by atoms with Crippen LogP contribution in [0.4, 0.5) is 0 Å². The highest BCUT2D eigenvalue weighted by atomic mass is 79.9. The fourth-order valence-electron chi connectivity index (χ4n) is 1.48. The van der Waals surface area contributed by atoms with E-state index in [2.05, 4.69) is 47.8 Å². The molecule has 0 atom stereocenters. The molecule has 16 heavy (non-hydrogen) atoms. The van der Waals surface area contributed by atoms with Crippen molar-refractivity contribution in [1.29, 1.82) is 0 Å². The topological polar surface area (TPSA) is 20.2 Å². The maximum atomic E-state index is 9.47. The summed E-state index contributed by atoms with van der Waals surface area (Å²) in [5.41, 5.74) is 1.99. The molecule has 0 unspecified atom stereocenters. The molecule has 0 aliphatic carbocycles. The molecule has 82 valence electrons. The lowest BCUT2D eigenvalue weighted by molar-refractivity contribution is 0.475. The fraction of sp³-hybridized carbons (Fsp3) is 0. The van der Waals surface area contributed by atoms with E-state index in [1.807, 2.05) is 24.3 Å². The van der Waals surface area contributed by atoms with Crippen molar-refractivity contribution < 1.29 is 5.11 Å². The predicted octanol–water partition coefficient (Wildman–Crippen LogP) is 5.35. The van der Waals surface area contributed by atoms with E-state index in [4.69, 9.17) is 0 Å². The lowest BCUT2D eigenvalue weighted by Crippen LogP contribution is -1.82. The molecule has 0 spiro atoms. The minimum atomic E-state index is 0.263. The molecule has 2 rings (SSSR count). The number of halogens is 3. The number of phenolic OH excluding ortho intramolecular Hbond substituents is 1. The van der Waals surface area contributed by atoms with Crippen LogP contribution in [0.5, 0.6) is 5.75 Å². The summed E-state index contributed by atoms with van der Waals surface area (Å²) in [6, 6.07) is 11.1. The van der Waals surface area contributed by atoms with E-state index in [0.717, 1.165) is 24.5 Å². The van der Waals surface area contributed by atoms with Gasteiger partial charge in [-0.15, -0.1) is 0 Å². The van der Waals surface area contributed by atoms with Gasteiger partial charge in [-0.25, -0.2) is 0 Å². The number of phenols is 1.